The van der Waals surface area contributed by atoms with Crippen molar-refractivity contribution in [2.24, 2.45) is 0 Å². The highest BCUT2D eigenvalue weighted by Gasteiger charge is 2.21. The number of hydrogen-bond donors (Lipinski definition) is 0. The third-order valence-electron chi connectivity index (χ3n) is 3.29. The van der Waals surface area contributed by atoms with E-state index in [-0.39, 0.29) is 5.56 Å². The Morgan fingerprint density at radius 2 is 1.76 bits per heavy atom. The van der Waals surface area contributed by atoms with E-state index < -0.39 is 17.0 Å². The number of hydrogen-bond acceptors (Lipinski definition) is 1. The van der Waals surface area contributed by atoms with E-state index in [0.29, 0.717) is 23.5 Å². The summed E-state index contributed by atoms with van der Waals surface area (Å²) in [6.45, 7) is 5.87. The van der Waals surface area contributed by atoms with Crippen molar-refractivity contribution < 1.29 is 13.5 Å². The first kappa shape index (κ1) is 15.8. The number of alkyl halides is 1. The van der Waals surface area contributed by atoms with Gasteiger partial charge in [0.05, 0.1) is 12.0 Å². The Balaban J connectivity index is 2.51. The normalized spacial score (nSPS) is 12.3. The van der Waals surface area contributed by atoms with Crippen LogP contribution in [0.4, 0.5) is 8.78 Å². The fraction of sp³-hybridized carbons (Fsp3) is 0.294. The zero-order valence-corrected chi connectivity index (χ0v) is 13.0. The molecule has 0 fully saturated rings. The second-order valence-corrected chi connectivity index (χ2v) is 5.40. The molecule has 0 aliphatic rings. The number of aryl methyl sites for hydroxylation is 2. The summed E-state index contributed by atoms with van der Waals surface area (Å²) in [4.78, 5) is 0. The molecule has 0 bridgehead atoms. The predicted molar refractivity (Wildman–Crippen MR) is 81.1 cm³/mol. The largest absolute Gasteiger partial charge is 0.494 e. The van der Waals surface area contributed by atoms with Gasteiger partial charge in [0.25, 0.3) is 0 Å². The lowest BCUT2D eigenvalue weighted by Crippen LogP contribution is -2.03. The average molecular weight is 311 g/mol. The summed E-state index contributed by atoms with van der Waals surface area (Å²) >= 11 is 6.43. The summed E-state index contributed by atoms with van der Waals surface area (Å²) in [5.74, 6) is -0.610. The van der Waals surface area contributed by atoms with Crippen molar-refractivity contribution in [1.82, 2.24) is 0 Å². The van der Waals surface area contributed by atoms with E-state index in [1.54, 1.807) is 6.92 Å². The van der Waals surface area contributed by atoms with Crippen LogP contribution in [-0.4, -0.2) is 6.61 Å². The summed E-state index contributed by atoms with van der Waals surface area (Å²) in [5.41, 5.74) is 2.30. The molecule has 0 heterocycles. The van der Waals surface area contributed by atoms with Crippen molar-refractivity contribution in [3.63, 3.8) is 0 Å². The van der Waals surface area contributed by atoms with Gasteiger partial charge in [-0.15, -0.1) is 11.6 Å². The van der Waals surface area contributed by atoms with Crippen LogP contribution in [0, 0.1) is 25.5 Å². The molecule has 1 nitrogen and oxygen atoms in total. The van der Waals surface area contributed by atoms with Gasteiger partial charge in [-0.05, 0) is 38.5 Å². The van der Waals surface area contributed by atoms with Crippen LogP contribution in [0.2, 0.25) is 0 Å². The van der Waals surface area contributed by atoms with Crippen LogP contribution < -0.4 is 4.74 Å². The van der Waals surface area contributed by atoms with Crippen LogP contribution in [0.5, 0.6) is 5.75 Å². The zero-order valence-electron chi connectivity index (χ0n) is 12.2. The van der Waals surface area contributed by atoms with Gasteiger partial charge < -0.3 is 4.74 Å². The van der Waals surface area contributed by atoms with E-state index in [2.05, 4.69) is 0 Å². The van der Waals surface area contributed by atoms with Crippen LogP contribution in [0.1, 0.15) is 34.6 Å². The van der Waals surface area contributed by atoms with Gasteiger partial charge in [0.2, 0.25) is 0 Å². The minimum Gasteiger partial charge on any atom is -0.494 e. The summed E-state index contributed by atoms with van der Waals surface area (Å²) in [6, 6.07) is 7.90. The summed E-state index contributed by atoms with van der Waals surface area (Å²) in [6.07, 6.45) is 0. The van der Waals surface area contributed by atoms with Crippen LogP contribution in [-0.2, 0) is 0 Å². The van der Waals surface area contributed by atoms with Gasteiger partial charge in [-0.2, -0.15) is 0 Å². The summed E-state index contributed by atoms with van der Waals surface area (Å²) in [5, 5.41) is -0.731. The molecule has 0 amide bonds. The molecule has 0 saturated carbocycles. The van der Waals surface area contributed by atoms with Crippen LogP contribution in [0.15, 0.2) is 30.3 Å². The first-order valence-electron chi connectivity index (χ1n) is 6.77. The molecule has 0 N–H and O–H groups in total. The van der Waals surface area contributed by atoms with E-state index in [1.165, 1.54) is 6.07 Å². The van der Waals surface area contributed by atoms with Gasteiger partial charge in [-0.25, -0.2) is 8.78 Å². The monoisotopic (exact) mass is 310 g/mol. The maximum Gasteiger partial charge on any atom is 0.131 e. The molecule has 112 valence electrons. The molecule has 0 spiro atoms. The third kappa shape index (κ3) is 3.35. The van der Waals surface area contributed by atoms with E-state index >= 15 is 0 Å². The van der Waals surface area contributed by atoms with E-state index in [1.807, 2.05) is 32.0 Å². The highest BCUT2D eigenvalue weighted by molar-refractivity contribution is 6.22. The average Bonchev–Trinajstić information content (AvgIpc) is 2.44. The molecule has 2 aromatic carbocycles. The van der Waals surface area contributed by atoms with Gasteiger partial charge in [0.1, 0.15) is 17.4 Å². The zero-order chi connectivity index (χ0) is 15.6. The third-order valence-corrected chi connectivity index (χ3v) is 3.76. The number of benzene rings is 2. The van der Waals surface area contributed by atoms with E-state index in [9.17, 15) is 8.78 Å². The standard InChI is InChI=1S/C17H17ClF2O/c1-4-21-16-6-5-10(2)7-13(16)17(18)12-8-11(3)14(19)9-15(12)20/h5-9,17H,4H2,1-3H3. The maximum absolute atomic E-state index is 14.0. The van der Waals surface area contributed by atoms with Crippen molar-refractivity contribution in [3.05, 3.63) is 64.2 Å². The Morgan fingerprint density at radius 1 is 1.05 bits per heavy atom. The lowest BCUT2D eigenvalue weighted by Gasteiger charge is -2.17. The molecule has 1 atom stereocenters. The van der Waals surface area contributed by atoms with Gasteiger partial charge >= 0.3 is 0 Å². The predicted octanol–water partition coefficient (Wildman–Crippen LogP) is 5.31. The lowest BCUT2D eigenvalue weighted by atomic mass is 9.99. The minimum absolute atomic E-state index is 0.252. The van der Waals surface area contributed by atoms with E-state index in [0.717, 1.165) is 11.6 Å². The molecule has 0 aliphatic heterocycles. The quantitative estimate of drug-likeness (QED) is 0.695. The number of ether oxygens (including phenoxy) is 1. The Bertz CT molecular complexity index is 655. The van der Waals surface area contributed by atoms with Gasteiger partial charge in [-0.1, -0.05) is 17.7 Å². The highest BCUT2D eigenvalue weighted by Crippen LogP contribution is 2.37. The van der Waals surface area contributed by atoms with Crippen LogP contribution in [0.25, 0.3) is 0 Å². The van der Waals surface area contributed by atoms with E-state index in [4.69, 9.17) is 16.3 Å². The summed E-state index contributed by atoms with van der Waals surface area (Å²) < 4.78 is 32.9. The Hall–Kier alpha value is -1.61. The van der Waals surface area contributed by atoms with Gasteiger partial charge in [-0.3, -0.25) is 0 Å². The molecular formula is C17H17ClF2O. The Labute approximate surface area is 128 Å². The van der Waals surface area contributed by atoms with Crippen LogP contribution >= 0.6 is 11.6 Å². The second-order valence-electron chi connectivity index (χ2n) is 4.96. The van der Waals surface area contributed by atoms with Crippen molar-refractivity contribution in [2.75, 3.05) is 6.61 Å². The number of halogens is 3. The Kier molecular flexibility index (Phi) is 4.84. The van der Waals surface area contributed by atoms with Crippen molar-refractivity contribution in [3.8, 4) is 5.75 Å². The minimum atomic E-state index is -0.731. The topological polar surface area (TPSA) is 9.23 Å². The molecular weight excluding hydrogens is 294 g/mol. The van der Waals surface area contributed by atoms with Crippen molar-refractivity contribution in [2.45, 2.75) is 26.1 Å². The SMILES string of the molecule is CCOc1ccc(C)cc1C(Cl)c1cc(C)c(F)cc1F. The number of rotatable bonds is 4. The maximum atomic E-state index is 14.0. The molecule has 4 heteroatoms. The molecule has 0 radical (unpaired) electrons. The summed E-state index contributed by atoms with van der Waals surface area (Å²) in [7, 11) is 0. The van der Waals surface area contributed by atoms with Gasteiger partial charge in [0, 0.05) is 17.2 Å². The fourth-order valence-corrected chi connectivity index (χ4v) is 2.53. The molecule has 2 rings (SSSR count). The Morgan fingerprint density at radius 3 is 2.43 bits per heavy atom. The first-order chi connectivity index (χ1) is 9.93. The molecule has 0 aliphatic carbocycles. The fourth-order valence-electron chi connectivity index (χ4n) is 2.19. The lowest BCUT2D eigenvalue weighted by molar-refractivity contribution is 0.336. The van der Waals surface area contributed by atoms with Gasteiger partial charge in [0.15, 0.2) is 0 Å². The second kappa shape index (κ2) is 6.44. The smallest absolute Gasteiger partial charge is 0.131 e. The van der Waals surface area contributed by atoms with Crippen molar-refractivity contribution in [1.29, 1.82) is 0 Å². The molecule has 0 aromatic heterocycles. The highest BCUT2D eigenvalue weighted by atomic mass is 35.5. The molecule has 1 unspecified atom stereocenters. The molecule has 0 saturated heterocycles. The molecule has 21 heavy (non-hydrogen) atoms. The molecule has 2 aromatic rings. The first-order valence-corrected chi connectivity index (χ1v) is 7.20. The van der Waals surface area contributed by atoms with Crippen molar-refractivity contribution >= 4 is 11.6 Å². The van der Waals surface area contributed by atoms with Crippen LogP contribution in [0.3, 0.4) is 0 Å².